The van der Waals surface area contributed by atoms with E-state index in [1.165, 1.54) is 12.0 Å². The van der Waals surface area contributed by atoms with Crippen LogP contribution in [-0.4, -0.2) is 27.0 Å². The molecule has 5 nitrogen and oxygen atoms in total. The van der Waals surface area contributed by atoms with Gasteiger partial charge in [0.05, 0.1) is 0 Å². The lowest BCUT2D eigenvalue weighted by Crippen LogP contribution is -2.41. The van der Waals surface area contributed by atoms with Gasteiger partial charge in [0.2, 0.25) is 11.7 Å². The van der Waals surface area contributed by atoms with Crippen LogP contribution < -0.4 is 0 Å². The maximum absolute atomic E-state index is 13.6. The third-order valence-electron chi connectivity index (χ3n) is 5.98. The van der Waals surface area contributed by atoms with Crippen molar-refractivity contribution in [2.75, 3.05) is 0 Å². The van der Waals surface area contributed by atoms with Gasteiger partial charge in [0, 0.05) is 17.2 Å². The van der Waals surface area contributed by atoms with Gasteiger partial charge in [-0.25, -0.2) is 0 Å². The molecule has 0 spiro atoms. The number of carbonyl (C=O) groups excluding carboxylic acids is 1. The molecule has 5 heteroatoms. The van der Waals surface area contributed by atoms with E-state index < -0.39 is 0 Å². The summed E-state index contributed by atoms with van der Waals surface area (Å²) in [7, 11) is 0. The number of hydrogen-bond acceptors (Lipinski definition) is 4. The fraction of sp³-hybridized carbons (Fsp3) is 0.400. The van der Waals surface area contributed by atoms with Crippen LogP contribution in [-0.2, 0) is 6.54 Å². The molecule has 0 radical (unpaired) electrons. The molecule has 1 aliphatic carbocycles. The molecule has 1 saturated carbocycles. The van der Waals surface area contributed by atoms with Crippen molar-refractivity contribution in [3.63, 3.8) is 0 Å². The number of benzene rings is 2. The molecular formula is C25H29N3O2. The molecule has 1 fully saturated rings. The standard InChI is InChI=1S/C25H29N3O2/c1-17-10-13-20(14-11-17)24-26-23(30-27-24)16-28(21-7-5-4-6-8-21)25(29)22-15-18(2)9-12-19(22)3/h9-15,21H,4-8,16H2,1-3H3. The molecule has 156 valence electrons. The van der Waals surface area contributed by atoms with Crippen molar-refractivity contribution in [2.45, 2.75) is 65.5 Å². The number of aryl methyl sites for hydroxylation is 3. The van der Waals surface area contributed by atoms with Crippen LogP contribution in [0.15, 0.2) is 47.0 Å². The lowest BCUT2D eigenvalue weighted by atomic mass is 9.93. The number of carbonyl (C=O) groups is 1. The first-order valence-corrected chi connectivity index (χ1v) is 10.8. The number of amides is 1. The van der Waals surface area contributed by atoms with Crippen LogP contribution in [0.2, 0.25) is 0 Å². The molecule has 3 aromatic rings. The van der Waals surface area contributed by atoms with Crippen LogP contribution in [0.4, 0.5) is 0 Å². The van der Waals surface area contributed by atoms with Crippen LogP contribution in [0.3, 0.4) is 0 Å². The molecular weight excluding hydrogens is 374 g/mol. The van der Waals surface area contributed by atoms with Gasteiger partial charge in [-0.2, -0.15) is 4.98 Å². The van der Waals surface area contributed by atoms with Gasteiger partial charge in [-0.3, -0.25) is 4.79 Å². The first kappa shape index (κ1) is 20.3. The van der Waals surface area contributed by atoms with E-state index in [-0.39, 0.29) is 11.9 Å². The zero-order chi connectivity index (χ0) is 21.1. The van der Waals surface area contributed by atoms with E-state index >= 15 is 0 Å². The third-order valence-corrected chi connectivity index (χ3v) is 5.98. The molecule has 0 aliphatic heterocycles. The zero-order valence-electron chi connectivity index (χ0n) is 18.0. The quantitative estimate of drug-likeness (QED) is 0.553. The minimum Gasteiger partial charge on any atom is -0.337 e. The average Bonchev–Trinajstić information content (AvgIpc) is 3.23. The molecule has 0 atom stereocenters. The Bertz CT molecular complexity index is 1020. The van der Waals surface area contributed by atoms with E-state index in [9.17, 15) is 4.79 Å². The molecule has 0 bridgehead atoms. The van der Waals surface area contributed by atoms with E-state index in [1.807, 2.05) is 68.1 Å². The summed E-state index contributed by atoms with van der Waals surface area (Å²) < 4.78 is 5.56. The Hall–Kier alpha value is -2.95. The highest BCUT2D eigenvalue weighted by Gasteiger charge is 2.29. The summed E-state index contributed by atoms with van der Waals surface area (Å²) in [5, 5.41) is 4.15. The van der Waals surface area contributed by atoms with E-state index in [4.69, 9.17) is 4.52 Å². The highest BCUT2D eigenvalue weighted by atomic mass is 16.5. The molecule has 2 aromatic carbocycles. The highest BCUT2D eigenvalue weighted by Crippen LogP contribution is 2.27. The lowest BCUT2D eigenvalue weighted by molar-refractivity contribution is 0.0585. The Morgan fingerprint density at radius 2 is 1.70 bits per heavy atom. The molecule has 0 N–H and O–H groups in total. The zero-order valence-corrected chi connectivity index (χ0v) is 18.0. The van der Waals surface area contributed by atoms with Gasteiger partial charge < -0.3 is 9.42 Å². The number of hydrogen-bond donors (Lipinski definition) is 0. The molecule has 0 saturated heterocycles. The number of nitrogens with zero attached hydrogens (tertiary/aromatic N) is 3. The average molecular weight is 404 g/mol. The van der Waals surface area contributed by atoms with Gasteiger partial charge in [0.25, 0.3) is 5.91 Å². The monoisotopic (exact) mass is 403 g/mol. The first-order chi connectivity index (χ1) is 14.5. The van der Waals surface area contributed by atoms with Crippen LogP contribution in [0.5, 0.6) is 0 Å². The maximum Gasteiger partial charge on any atom is 0.254 e. The molecule has 30 heavy (non-hydrogen) atoms. The van der Waals surface area contributed by atoms with E-state index in [0.717, 1.165) is 47.9 Å². The normalized spacial score (nSPS) is 14.6. The number of aromatic nitrogens is 2. The second-order valence-electron chi connectivity index (χ2n) is 8.42. The Kier molecular flexibility index (Phi) is 5.98. The Labute approximate surface area is 178 Å². The van der Waals surface area contributed by atoms with Crippen molar-refractivity contribution in [3.05, 3.63) is 70.6 Å². The number of rotatable bonds is 5. The summed E-state index contributed by atoms with van der Waals surface area (Å²) in [5.74, 6) is 1.10. The lowest BCUT2D eigenvalue weighted by Gasteiger charge is -2.34. The van der Waals surface area contributed by atoms with Crippen molar-refractivity contribution in [1.29, 1.82) is 0 Å². The van der Waals surface area contributed by atoms with Crippen molar-refractivity contribution in [2.24, 2.45) is 0 Å². The van der Waals surface area contributed by atoms with Crippen molar-refractivity contribution in [1.82, 2.24) is 15.0 Å². The fourth-order valence-electron chi connectivity index (χ4n) is 4.17. The van der Waals surface area contributed by atoms with Gasteiger partial charge in [0.1, 0.15) is 6.54 Å². The second kappa shape index (κ2) is 8.82. The van der Waals surface area contributed by atoms with Gasteiger partial charge in [-0.1, -0.05) is 71.9 Å². The van der Waals surface area contributed by atoms with E-state index in [1.54, 1.807) is 0 Å². The van der Waals surface area contributed by atoms with Crippen molar-refractivity contribution < 1.29 is 9.32 Å². The van der Waals surface area contributed by atoms with Crippen molar-refractivity contribution in [3.8, 4) is 11.4 Å². The summed E-state index contributed by atoms with van der Waals surface area (Å²) in [4.78, 5) is 20.1. The second-order valence-corrected chi connectivity index (χ2v) is 8.42. The Balaban J connectivity index is 1.61. The van der Waals surface area contributed by atoms with Gasteiger partial charge in [0.15, 0.2) is 0 Å². The van der Waals surface area contributed by atoms with Gasteiger partial charge >= 0.3 is 0 Å². The topological polar surface area (TPSA) is 59.2 Å². The van der Waals surface area contributed by atoms with Crippen molar-refractivity contribution >= 4 is 5.91 Å². The van der Waals surface area contributed by atoms with Crippen LogP contribution >= 0.6 is 0 Å². The highest BCUT2D eigenvalue weighted by molar-refractivity contribution is 5.96. The summed E-state index contributed by atoms with van der Waals surface area (Å²) in [5.41, 5.74) is 4.95. The fourth-order valence-corrected chi connectivity index (χ4v) is 4.17. The summed E-state index contributed by atoms with van der Waals surface area (Å²) in [6.45, 7) is 6.41. The maximum atomic E-state index is 13.6. The molecule has 1 amide bonds. The minimum absolute atomic E-state index is 0.0539. The summed E-state index contributed by atoms with van der Waals surface area (Å²) in [6.07, 6.45) is 5.59. The third kappa shape index (κ3) is 4.45. The van der Waals surface area contributed by atoms with Crippen LogP contribution in [0.25, 0.3) is 11.4 Å². The van der Waals surface area contributed by atoms with Crippen LogP contribution in [0, 0.1) is 20.8 Å². The smallest absolute Gasteiger partial charge is 0.254 e. The van der Waals surface area contributed by atoms with Gasteiger partial charge in [-0.15, -0.1) is 0 Å². The predicted octanol–water partition coefficient (Wildman–Crippen LogP) is 5.64. The largest absolute Gasteiger partial charge is 0.337 e. The molecule has 4 rings (SSSR count). The predicted molar refractivity (Wildman–Crippen MR) is 117 cm³/mol. The summed E-state index contributed by atoms with van der Waals surface area (Å²) in [6, 6.07) is 14.3. The minimum atomic E-state index is 0.0539. The molecule has 1 aliphatic rings. The summed E-state index contributed by atoms with van der Waals surface area (Å²) >= 11 is 0. The van der Waals surface area contributed by atoms with Crippen LogP contribution in [0.1, 0.15) is 65.0 Å². The first-order valence-electron chi connectivity index (χ1n) is 10.8. The van der Waals surface area contributed by atoms with E-state index in [2.05, 4.69) is 10.1 Å². The van der Waals surface area contributed by atoms with Gasteiger partial charge in [-0.05, 0) is 45.2 Å². The Morgan fingerprint density at radius 1 is 1.00 bits per heavy atom. The SMILES string of the molecule is Cc1ccc(-c2noc(CN(C(=O)c3cc(C)ccc3C)C3CCCCC3)n2)cc1. The molecule has 0 unspecified atom stereocenters. The van der Waals surface area contributed by atoms with E-state index in [0.29, 0.717) is 18.3 Å². The molecule has 1 aromatic heterocycles. The molecule has 1 heterocycles. The Morgan fingerprint density at radius 3 is 2.43 bits per heavy atom.